The second-order valence-electron chi connectivity index (χ2n) is 7.41. The summed E-state index contributed by atoms with van der Waals surface area (Å²) in [6.45, 7) is 6.29. The molecule has 0 saturated carbocycles. The maximum atomic E-state index is 12.4. The molecule has 0 N–H and O–H groups in total. The molecule has 0 fully saturated rings. The average molecular weight is 497 g/mol. The summed E-state index contributed by atoms with van der Waals surface area (Å²) in [5.41, 5.74) is 5.02. The van der Waals surface area contributed by atoms with Crippen LogP contribution < -0.4 is 0 Å². The summed E-state index contributed by atoms with van der Waals surface area (Å²) in [6.07, 6.45) is 0. The second kappa shape index (κ2) is 8.72. The van der Waals surface area contributed by atoms with Crippen LogP contribution in [-0.4, -0.2) is 33.1 Å². The maximum Gasteiger partial charge on any atom is 0.359 e. The second-order valence-corrected chi connectivity index (χ2v) is 9.18. The van der Waals surface area contributed by atoms with Crippen LogP contribution >= 0.6 is 27.3 Å². The number of benzene rings is 2. The van der Waals surface area contributed by atoms with E-state index < -0.39 is 5.97 Å². The molecule has 158 valence electrons. The van der Waals surface area contributed by atoms with E-state index >= 15 is 0 Å². The molecule has 0 aliphatic rings. The third kappa shape index (κ3) is 4.05. The highest BCUT2D eigenvalue weighted by molar-refractivity contribution is 9.10. The summed E-state index contributed by atoms with van der Waals surface area (Å²) in [7, 11) is 1.34. The predicted octanol–water partition coefficient (Wildman–Crippen LogP) is 6.04. The molecule has 2 aromatic heterocycles. The van der Waals surface area contributed by atoms with Crippen LogP contribution in [0.15, 0.2) is 53.0 Å². The van der Waals surface area contributed by atoms with Crippen molar-refractivity contribution >= 4 is 33.2 Å². The van der Waals surface area contributed by atoms with Crippen molar-refractivity contribution in [2.45, 2.75) is 26.7 Å². The summed E-state index contributed by atoms with van der Waals surface area (Å²) in [6, 6.07) is 16.1. The fourth-order valence-corrected chi connectivity index (χ4v) is 4.97. The Morgan fingerprint density at radius 2 is 1.84 bits per heavy atom. The van der Waals surface area contributed by atoms with Gasteiger partial charge >= 0.3 is 5.97 Å². The first-order valence-corrected chi connectivity index (χ1v) is 11.4. The Morgan fingerprint density at radius 3 is 2.55 bits per heavy atom. The molecular formula is C23H21BrN4O2S. The van der Waals surface area contributed by atoms with E-state index in [1.165, 1.54) is 18.4 Å². The van der Waals surface area contributed by atoms with Gasteiger partial charge in [0.15, 0.2) is 10.7 Å². The molecule has 0 aliphatic carbocycles. The van der Waals surface area contributed by atoms with Gasteiger partial charge in [-0.3, -0.25) is 0 Å². The number of aromatic nitrogens is 4. The molecule has 31 heavy (non-hydrogen) atoms. The van der Waals surface area contributed by atoms with Gasteiger partial charge in [-0.25, -0.2) is 9.48 Å². The molecule has 2 aromatic carbocycles. The number of ether oxygens (including phenoxy) is 1. The van der Waals surface area contributed by atoms with E-state index in [-0.39, 0.29) is 11.6 Å². The van der Waals surface area contributed by atoms with Gasteiger partial charge in [-0.15, -0.1) is 10.2 Å². The van der Waals surface area contributed by atoms with Crippen LogP contribution in [0.3, 0.4) is 0 Å². The standard InChI is InChI=1S/C23H21BrN4O2S/c1-13(2)16-10-5-6-11-17(16)28-20(18(24)19(27-28)23(29)30-4)22-26-25-21(31-22)15-9-7-8-14(3)12-15/h5-13H,1-4H3. The molecule has 6 nitrogen and oxygen atoms in total. The van der Waals surface area contributed by atoms with Crippen LogP contribution in [0.2, 0.25) is 0 Å². The number of nitrogens with zero attached hydrogens (tertiary/aromatic N) is 4. The molecule has 0 bridgehead atoms. The predicted molar refractivity (Wildman–Crippen MR) is 126 cm³/mol. The lowest BCUT2D eigenvalue weighted by Gasteiger charge is -2.14. The minimum atomic E-state index is -0.516. The summed E-state index contributed by atoms with van der Waals surface area (Å²) in [5, 5.41) is 14.9. The Hall–Kier alpha value is -2.84. The monoisotopic (exact) mass is 496 g/mol. The van der Waals surface area contributed by atoms with Gasteiger partial charge in [0.1, 0.15) is 10.7 Å². The van der Waals surface area contributed by atoms with Crippen molar-refractivity contribution in [2.75, 3.05) is 7.11 Å². The summed E-state index contributed by atoms with van der Waals surface area (Å²) < 4.78 is 7.23. The Bertz CT molecular complexity index is 1260. The maximum absolute atomic E-state index is 12.4. The van der Waals surface area contributed by atoms with Gasteiger partial charge in [-0.05, 0) is 46.5 Å². The van der Waals surface area contributed by atoms with E-state index in [2.05, 4.69) is 57.2 Å². The lowest BCUT2D eigenvalue weighted by molar-refractivity contribution is 0.0592. The smallest absolute Gasteiger partial charge is 0.359 e. The summed E-state index contributed by atoms with van der Waals surface area (Å²) in [5.74, 6) is -0.247. The number of aryl methyl sites for hydroxylation is 1. The molecule has 0 atom stereocenters. The van der Waals surface area contributed by atoms with Gasteiger partial charge in [0.25, 0.3) is 0 Å². The topological polar surface area (TPSA) is 69.9 Å². The van der Waals surface area contributed by atoms with E-state index in [1.54, 1.807) is 4.68 Å². The van der Waals surface area contributed by atoms with Crippen LogP contribution in [0.1, 0.15) is 41.4 Å². The number of halogens is 1. The molecule has 0 unspecified atom stereocenters. The number of esters is 1. The van der Waals surface area contributed by atoms with E-state index in [0.29, 0.717) is 15.2 Å². The third-order valence-corrected chi connectivity index (χ3v) is 6.62. The van der Waals surface area contributed by atoms with Crippen molar-refractivity contribution < 1.29 is 9.53 Å². The molecule has 4 aromatic rings. The zero-order valence-corrected chi connectivity index (χ0v) is 20.0. The Kier molecular flexibility index (Phi) is 6.02. The molecule has 0 radical (unpaired) electrons. The van der Waals surface area contributed by atoms with Gasteiger partial charge < -0.3 is 4.74 Å². The largest absolute Gasteiger partial charge is 0.464 e. The van der Waals surface area contributed by atoms with Crippen LogP contribution in [0.25, 0.3) is 27.0 Å². The van der Waals surface area contributed by atoms with Gasteiger partial charge in [-0.1, -0.05) is 67.1 Å². The summed E-state index contributed by atoms with van der Waals surface area (Å²) in [4.78, 5) is 12.4. The number of para-hydroxylation sites is 1. The van der Waals surface area contributed by atoms with E-state index in [0.717, 1.165) is 27.4 Å². The van der Waals surface area contributed by atoms with Crippen LogP contribution in [0.5, 0.6) is 0 Å². The number of hydrogen-bond donors (Lipinski definition) is 0. The van der Waals surface area contributed by atoms with Crippen molar-refractivity contribution in [1.82, 2.24) is 20.0 Å². The zero-order valence-electron chi connectivity index (χ0n) is 17.6. The van der Waals surface area contributed by atoms with Gasteiger partial charge in [-0.2, -0.15) is 5.10 Å². The summed E-state index contributed by atoms with van der Waals surface area (Å²) >= 11 is 5.02. The first kappa shape index (κ1) is 21.4. The SMILES string of the molecule is COC(=O)c1nn(-c2ccccc2C(C)C)c(-c2nnc(-c3cccc(C)c3)s2)c1Br. The van der Waals surface area contributed by atoms with Crippen LogP contribution in [0.4, 0.5) is 0 Å². The minimum absolute atomic E-state index is 0.198. The Morgan fingerprint density at radius 1 is 1.10 bits per heavy atom. The molecule has 2 heterocycles. The molecule has 4 rings (SSSR count). The Labute approximate surface area is 193 Å². The highest BCUT2D eigenvalue weighted by atomic mass is 79.9. The fraction of sp³-hybridized carbons (Fsp3) is 0.217. The van der Waals surface area contributed by atoms with Crippen molar-refractivity contribution in [3.05, 3.63) is 69.8 Å². The normalized spacial score (nSPS) is 11.2. The molecule has 0 aliphatic heterocycles. The Balaban J connectivity index is 1.92. The van der Waals surface area contributed by atoms with Gasteiger partial charge in [0.2, 0.25) is 0 Å². The van der Waals surface area contributed by atoms with E-state index in [1.807, 2.05) is 43.3 Å². The molecule has 0 amide bonds. The van der Waals surface area contributed by atoms with E-state index in [4.69, 9.17) is 4.74 Å². The van der Waals surface area contributed by atoms with Crippen molar-refractivity contribution in [3.8, 4) is 27.0 Å². The zero-order chi connectivity index (χ0) is 22.1. The molecule has 8 heteroatoms. The molecule has 0 saturated heterocycles. The quantitative estimate of drug-likeness (QED) is 0.315. The van der Waals surface area contributed by atoms with Crippen LogP contribution in [0, 0.1) is 6.92 Å². The number of hydrogen-bond acceptors (Lipinski definition) is 6. The van der Waals surface area contributed by atoms with Crippen LogP contribution in [-0.2, 0) is 4.74 Å². The van der Waals surface area contributed by atoms with Crippen molar-refractivity contribution in [3.63, 3.8) is 0 Å². The number of carbonyl (C=O) groups excluding carboxylic acids is 1. The first-order chi connectivity index (χ1) is 14.9. The number of methoxy groups -OCH3 is 1. The van der Waals surface area contributed by atoms with Crippen molar-refractivity contribution in [2.24, 2.45) is 0 Å². The first-order valence-electron chi connectivity index (χ1n) is 9.77. The fourth-order valence-electron chi connectivity index (χ4n) is 3.37. The third-order valence-electron chi connectivity index (χ3n) is 4.89. The van der Waals surface area contributed by atoms with E-state index in [9.17, 15) is 4.79 Å². The number of rotatable bonds is 5. The lowest BCUT2D eigenvalue weighted by Crippen LogP contribution is -2.07. The highest BCUT2D eigenvalue weighted by Gasteiger charge is 2.27. The molecule has 0 spiro atoms. The van der Waals surface area contributed by atoms with Gasteiger partial charge in [0.05, 0.1) is 17.3 Å². The number of carbonyl (C=O) groups is 1. The van der Waals surface area contributed by atoms with Gasteiger partial charge in [0, 0.05) is 5.56 Å². The van der Waals surface area contributed by atoms with Crippen molar-refractivity contribution in [1.29, 1.82) is 0 Å². The highest BCUT2D eigenvalue weighted by Crippen LogP contribution is 2.38. The average Bonchev–Trinajstić information content (AvgIpc) is 3.37. The lowest BCUT2D eigenvalue weighted by atomic mass is 10.0. The molecular weight excluding hydrogens is 476 g/mol. The minimum Gasteiger partial charge on any atom is -0.464 e.